The number of primary amides is 2. The van der Waals surface area contributed by atoms with Gasteiger partial charge in [0.2, 0.25) is 17.7 Å². The fourth-order valence-corrected chi connectivity index (χ4v) is 3.20. The summed E-state index contributed by atoms with van der Waals surface area (Å²) in [5.74, 6) is -2.72. The zero-order valence-corrected chi connectivity index (χ0v) is 15.4. The molecule has 0 aliphatic rings. The molecule has 0 aliphatic carbocycles. The number of aromatic nitrogens is 2. The molecule has 3 rings (SSSR count). The largest absolute Gasteiger partial charge is 0.367 e. The topological polar surface area (TPSA) is 133 Å². The summed E-state index contributed by atoms with van der Waals surface area (Å²) >= 11 is 1.52. The molecule has 0 fully saturated rings. The first kappa shape index (κ1) is 19.1. The highest BCUT2D eigenvalue weighted by Crippen LogP contribution is 2.28. The molecule has 2 heterocycles. The van der Waals surface area contributed by atoms with Crippen LogP contribution in [0, 0.1) is 0 Å². The molecule has 0 saturated heterocycles. The number of amides is 3. The average Bonchev–Trinajstić information content (AvgIpc) is 3.34. The van der Waals surface area contributed by atoms with Gasteiger partial charge in [-0.25, -0.2) is 4.68 Å². The zero-order chi connectivity index (χ0) is 20.1. The Morgan fingerprint density at radius 3 is 2.39 bits per heavy atom. The van der Waals surface area contributed by atoms with Crippen LogP contribution in [0.3, 0.4) is 0 Å². The normalized spacial score (nSPS) is 11.0. The smallest absolute Gasteiger partial charge is 0.249 e. The summed E-state index contributed by atoms with van der Waals surface area (Å²) in [5, 5.41) is 8.73. The van der Waals surface area contributed by atoms with E-state index in [1.54, 1.807) is 17.0 Å². The van der Waals surface area contributed by atoms with Crippen molar-refractivity contribution in [3.63, 3.8) is 0 Å². The van der Waals surface area contributed by atoms with Gasteiger partial charge in [0.25, 0.3) is 0 Å². The maximum atomic E-state index is 12.1. The Kier molecular flexibility index (Phi) is 5.66. The Morgan fingerprint density at radius 1 is 1.07 bits per heavy atom. The minimum Gasteiger partial charge on any atom is -0.367 e. The van der Waals surface area contributed by atoms with Crippen LogP contribution < -0.4 is 16.8 Å². The lowest BCUT2D eigenvalue weighted by Crippen LogP contribution is -2.52. The summed E-state index contributed by atoms with van der Waals surface area (Å²) in [5.41, 5.74) is 12.4. The molecule has 5 N–H and O–H groups in total. The van der Waals surface area contributed by atoms with Gasteiger partial charge in [-0.3, -0.25) is 14.4 Å². The monoisotopic (exact) mass is 395 g/mol. The highest BCUT2D eigenvalue weighted by Gasteiger charge is 2.22. The van der Waals surface area contributed by atoms with Crippen molar-refractivity contribution in [1.82, 2.24) is 15.1 Å². The molecule has 0 aliphatic heterocycles. The Hall–Kier alpha value is -3.72. The van der Waals surface area contributed by atoms with Gasteiger partial charge in [-0.2, -0.15) is 5.10 Å². The summed E-state index contributed by atoms with van der Waals surface area (Å²) in [6.07, 6.45) is 4.53. The van der Waals surface area contributed by atoms with E-state index in [0.29, 0.717) is 11.3 Å². The average molecular weight is 395 g/mol. The Balaban J connectivity index is 1.89. The standard InChI is InChI=1S/C19H17N5O3S/c20-18(26)17(19(21)27)22-15(25)9-8-12-11-24(13-5-2-1-3-6-13)23-16(12)14-7-4-10-28-14/h1-11,17H,(H2,20,26)(H2,21,27)(H,22,25)/b9-8+. The van der Waals surface area contributed by atoms with Crippen molar-refractivity contribution in [1.29, 1.82) is 0 Å². The molecule has 142 valence electrons. The van der Waals surface area contributed by atoms with Gasteiger partial charge in [0.1, 0.15) is 5.69 Å². The van der Waals surface area contributed by atoms with E-state index in [-0.39, 0.29) is 0 Å². The second-order valence-electron chi connectivity index (χ2n) is 5.77. The van der Waals surface area contributed by atoms with E-state index >= 15 is 0 Å². The van der Waals surface area contributed by atoms with Crippen molar-refractivity contribution in [3.8, 4) is 16.3 Å². The van der Waals surface area contributed by atoms with Crippen LogP contribution in [-0.2, 0) is 14.4 Å². The number of nitrogens with two attached hydrogens (primary N) is 2. The molecule has 0 saturated carbocycles. The number of thiophene rings is 1. The molecule has 1 aromatic carbocycles. The van der Waals surface area contributed by atoms with Crippen molar-refractivity contribution >= 4 is 35.1 Å². The number of nitrogens with zero attached hydrogens (tertiary/aromatic N) is 2. The summed E-state index contributed by atoms with van der Waals surface area (Å²) < 4.78 is 1.71. The quantitative estimate of drug-likeness (QED) is 0.407. The summed E-state index contributed by atoms with van der Waals surface area (Å²) in [4.78, 5) is 35.4. The van der Waals surface area contributed by atoms with Crippen molar-refractivity contribution in [2.24, 2.45) is 11.5 Å². The molecular weight excluding hydrogens is 378 g/mol. The zero-order valence-electron chi connectivity index (χ0n) is 14.6. The van der Waals surface area contributed by atoms with Gasteiger partial charge in [0.15, 0.2) is 6.04 Å². The van der Waals surface area contributed by atoms with E-state index in [2.05, 4.69) is 10.4 Å². The van der Waals surface area contributed by atoms with Crippen molar-refractivity contribution in [2.75, 3.05) is 0 Å². The van der Waals surface area contributed by atoms with Gasteiger partial charge >= 0.3 is 0 Å². The van der Waals surface area contributed by atoms with Crippen LogP contribution in [0.15, 0.2) is 60.1 Å². The number of hydrogen-bond donors (Lipinski definition) is 3. The molecule has 0 unspecified atom stereocenters. The molecular formula is C19H17N5O3S. The van der Waals surface area contributed by atoms with E-state index in [1.165, 1.54) is 17.4 Å². The van der Waals surface area contributed by atoms with Crippen molar-refractivity contribution < 1.29 is 14.4 Å². The highest BCUT2D eigenvalue weighted by atomic mass is 32.1. The number of nitrogens with one attached hydrogen (secondary N) is 1. The van der Waals surface area contributed by atoms with Crippen LogP contribution in [-0.4, -0.2) is 33.5 Å². The fraction of sp³-hybridized carbons (Fsp3) is 0.0526. The highest BCUT2D eigenvalue weighted by molar-refractivity contribution is 7.13. The maximum Gasteiger partial charge on any atom is 0.249 e. The number of rotatable bonds is 7. The predicted octanol–water partition coefficient (Wildman–Crippen LogP) is 1.07. The van der Waals surface area contributed by atoms with E-state index in [9.17, 15) is 14.4 Å². The molecule has 0 atom stereocenters. The SMILES string of the molecule is NC(=O)C(NC(=O)/C=C/c1cn(-c2ccccc2)nc1-c1cccs1)C(N)=O. The van der Waals surface area contributed by atoms with E-state index < -0.39 is 23.8 Å². The number of carbonyl (C=O) groups excluding carboxylic acids is 3. The van der Waals surface area contributed by atoms with Crippen LogP contribution >= 0.6 is 11.3 Å². The first-order valence-corrected chi connectivity index (χ1v) is 9.10. The molecule has 2 aromatic heterocycles. The van der Waals surface area contributed by atoms with Crippen LogP contribution in [0.2, 0.25) is 0 Å². The molecule has 3 aromatic rings. The predicted molar refractivity (Wildman–Crippen MR) is 106 cm³/mol. The summed E-state index contributed by atoms with van der Waals surface area (Å²) in [6.45, 7) is 0. The molecule has 9 heteroatoms. The molecule has 8 nitrogen and oxygen atoms in total. The first-order chi connectivity index (χ1) is 13.5. The molecule has 28 heavy (non-hydrogen) atoms. The van der Waals surface area contributed by atoms with Gasteiger partial charge in [-0.1, -0.05) is 24.3 Å². The second-order valence-corrected chi connectivity index (χ2v) is 6.72. The first-order valence-electron chi connectivity index (χ1n) is 8.22. The summed E-state index contributed by atoms with van der Waals surface area (Å²) in [6, 6.07) is 11.8. The Labute approximate surface area is 164 Å². The fourth-order valence-electron chi connectivity index (χ4n) is 2.47. The molecule has 0 spiro atoms. The maximum absolute atomic E-state index is 12.1. The van der Waals surface area contributed by atoms with Gasteiger partial charge < -0.3 is 16.8 Å². The van der Waals surface area contributed by atoms with Gasteiger partial charge in [0, 0.05) is 17.8 Å². The third kappa shape index (κ3) is 4.33. The lowest BCUT2D eigenvalue weighted by molar-refractivity contribution is -0.132. The lowest BCUT2D eigenvalue weighted by atomic mass is 10.2. The number of carbonyl (C=O) groups is 3. The number of benzene rings is 1. The molecule has 0 radical (unpaired) electrons. The van der Waals surface area contributed by atoms with Crippen LogP contribution in [0.5, 0.6) is 0 Å². The number of para-hydroxylation sites is 1. The minimum absolute atomic E-state index is 0.674. The Bertz CT molecular complexity index is 1010. The van der Waals surface area contributed by atoms with Crippen LogP contribution in [0.25, 0.3) is 22.3 Å². The Morgan fingerprint density at radius 2 is 1.79 bits per heavy atom. The lowest BCUT2D eigenvalue weighted by Gasteiger charge is -2.09. The third-order valence-electron chi connectivity index (χ3n) is 3.79. The van der Waals surface area contributed by atoms with Crippen molar-refractivity contribution in [3.05, 3.63) is 65.7 Å². The molecule has 0 bridgehead atoms. The van der Waals surface area contributed by atoms with E-state index in [1.807, 2.05) is 47.8 Å². The summed E-state index contributed by atoms with van der Waals surface area (Å²) in [7, 11) is 0. The van der Waals surface area contributed by atoms with Crippen molar-refractivity contribution in [2.45, 2.75) is 6.04 Å². The van der Waals surface area contributed by atoms with E-state index in [4.69, 9.17) is 11.5 Å². The minimum atomic E-state index is -1.57. The van der Waals surface area contributed by atoms with Crippen LogP contribution in [0.1, 0.15) is 5.56 Å². The third-order valence-corrected chi connectivity index (χ3v) is 4.66. The second kappa shape index (κ2) is 8.31. The van der Waals surface area contributed by atoms with E-state index in [0.717, 1.165) is 10.6 Å². The molecule has 3 amide bonds. The van der Waals surface area contributed by atoms with Crippen LogP contribution in [0.4, 0.5) is 0 Å². The van der Waals surface area contributed by atoms with Gasteiger partial charge in [0.05, 0.1) is 10.6 Å². The van der Waals surface area contributed by atoms with Gasteiger partial charge in [-0.15, -0.1) is 11.3 Å². The van der Waals surface area contributed by atoms with Gasteiger partial charge in [-0.05, 0) is 29.7 Å². The number of hydrogen-bond acceptors (Lipinski definition) is 5.